The molecule has 0 unspecified atom stereocenters. The molecule has 0 aliphatic carbocycles. The summed E-state index contributed by atoms with van der Waals surface area (Å²) in [5, 5.41) is 15.1. The van der Waals surface area contributed by atoms with E-state index < -0.39 is 47.2 Å². The summed E-state index contributed by atoms with van der Waals surface area (Å²) < 4.78 is 0.884. The molecule has 2 amide bonds. The number of amides is 2. The van der Waals surface area contributed by atoms with E-state index in [1.165, 1.54) is 11.8 Å². The minimum Gasteiger partial charge on any atom is -0.480 e. The topological polar surface area (TPSA) is 150 Å². The maximum atomic E-state index is 13.8. The fourth-order valence-electron chi connectivity index (χ4n) is 4.30. The van der Waals surface area contributed by atoms with Crippen molar-refractivity contribution in [2.24, 2.45) is 5.92 Å². The van der Waals surface area contributed by atoms with Gasteiger partial charge in [-0.2, -0.15) is 11.8 Å². The zero-order valence-corrected chi connectivity index (χ0v) is 23.0. The van der Waals surface area contributed by atoms with E-state index in [2.05, 4.69) is 15.6 Å². The summed E-state index contributed by atoms with van der Waals surface area (Å²) in [7, 11) is 0. The van der Waals surface area contributed by atoms with Gasteiger partial charge in [-0.15, -0.1) is 0 Å². The van der Waals surface area contributed by atoms with E-state index in [-0.39, 0.29) is 24.1 Å². The fourth-order valence-corrected chi connectivity index (χ4v) is 4.78. The first-order valence-corrected chi connectivity index (χ1v) is 14.2. The van der Waals surface area contributed by atoms with Gasteiger partial charge < -0.3 is 20.7 Å². The van der Waals surface area contributed by atoms with Crippen molar-refractivity contribution in [2.75, 3.05) is 12.0 Å². The number of para-hydroxylation sites is 1. The van der Waals surface area contributed by atoms with E-state index in [4.69, 9.17) is 0 Å². The predicted molar refractivity (Wildman–Crippen MR) is 152 cm³/mol. The normalized spacial score (nSPS) is 14.2. The average Bonchev–Trinajstić information content (AvgIpc) is 2.93. The third-order valence-corrected chi connectivity index (χ3v) is 7.39. The molecule has 3 rings (SSSR count). The van der Waals surface area contributed by atoms with Gasteiger partial charge in [0.2, 0.25) is 11.8 Å². The van der Waals surface area contributed by atoms with Gasteiger partial charge in [0.25, 0.3) is 5.56 Å². The van der Waals surface area contributed by atoms with Crippen molar-refractivity contribution in [2.45, 2.75) is 51.2 Å². The van der Waals surface area contributed by atoms with E-state index in [0.717, 1.165) is 4.57 Å². The molecular formula is C28H34N4O6S. The number of nitrogens with one attached hydrogen (secondary N) is 3. The number of carbonyl (C=O) groups excluding carboxylic acids is 2. The fraction of sp³-hybridized carbons (Fsp3) is 0.393. The van der Waals surface area contributed by atoms with Crippen LogP contribution < -0.4 is 21.9 Å². The van der Waals surface area contributed by atoms with Crippen molar-refractivity contribution in [3.8, 4) is 0 Å². The van der Waals surface area contributed by atoms with Crippen LogP contribution in [0.2, 0.25) is 0 Å². The van der Waals surface area contributed by atoms with E-state index in [0.29, 0.717) is 23.3 Å². The van der Waals surface area contributed by atoms with E-state index >= 15 is 0 Å². The van der Waals surface area contributed by atoms with Crippen molar-refractivity contribution in [3.63, 3.8) is 0 Å². The summed E-state index contributed by atoms with van der Waals surface area (Å²) in [6.07, 6.45) is 2.60. The maximum absolute atomic E-state index is 13.8. The number of fused-ring (bicyclic) bond motifs is 1. The maximum Gasteiger partial charge on any atom is 0.329 e. The Hall–Kier alpha value is -3.86. The summed E-state index contributed by atoms with van der Waals surface area (Å²) in [6, 6.07) is 12.0. The van der Waals surface area contributed by atoms with Gasteiger partial charge in [-0.1, -0.05) is 62.7 Å². The van der Waals surface area contributed by atoms with Gasteiger partial charge in [0.05, 0.1) is 10.9 Å². The van der Waals surface area contributed by atoms with E-state index in [9.17, 15) is 29.1 Å². The minimum atomic E-state index is -1.26. The molecule has 0 saturated carbocycles. The highest BCUT2D eigenvalue weighted by Crippen LogP contribution is 2.16. The first kappa shape index (κ1) is 29.7. The van der Waals surface area contributed by atoms with Crippen LogP contribution >= 0.6 is 11.8 Å². The number of carbonyl (C=O) groups is 3. The third kappa shape index (κ3) is 7.38. The second-order valence-corrected chi connectivity index (χ2v) is 10.4. The molecule has 4 N–H and O–H groups in total. The molecule has 0 saturated heterocycles. The van der Waals surface area contributed by atoms with Crippen LogP contribution in [0.1, 0.15) is 38.3 Å². The highest BCUT2D eigenvalue weighted by Gasteiger charge is 2.33. The number of hydrogen-bond acceptors (Lipinski definition) is 6. The lowest BCUT2D eigenvalue weighted by molar-refractivity contribution is -0.142. The van der Waals surface area contributed by atoms with Crippen LogP contribution in [0.5, 0.6) is 0 Å². The molecule has 2 aromatic carbocycles. The number of benzene rings is 2. The molecular weight excluding hydrogens is 520 g/mol. The first-order chi connectivity index (χ1) is 18.7. The summed E-state index contributed by atoms with van der Waals surface area (Å²) in [6.45, 7) is 3.61. The van der Waals surface area contributed by atoms with Gasteiger partial charge >= 0.3 is 11.7 Å². The Morgan fingerprint density at radius 1 is 1.00 bits per heavy atom. The van der Waals surface area contributed by atoms with Crippen LogP contribution in [0.25, 0.3) is 10.9 Å². The van der Waals surface area contributed by atoms with Crippen LogP contribution in [0.4, 0.5) is 0 Å². The number of carboxylic acids is 1. The standard InChI is InChI=1S/C28H34N4O6S/c1-4-17(2)23(25(34)29-21(27(36)37)14-15-39-3)31-24(33)22(16-18-10-6-5-7-11-18)32-26(35)19-12-8-9-13-20(19)30-28(32)38/h5-13,17,21-23H,4,14-16H2,1-3H3,(H,29,34)(H,30,38)(H,31,33)(H,36,37)/t17-,21-,22+,23+/m1/s1. The third-order valence-electron chi connectivity index (χ3n) is 6.74. The van der Waals surface area contributed by atoms with Gasteiger partial charge in [-0.3, -0.25) is 14.4 Å². The number of aromatic amines is 1. The molecule has 0 radical (unpaired) electrons. The van der Waals surface area contributed by atoms with E-state index in [1.54, 1.807) is 55.5 Å². The van der Waals surface area contributed by atoms with Crippen LogP contribution in [-0.2, 0) is 20.8 Å². The lowest BCUT2D eigenvalue weighted by Crippen LogP contribution is -2.56. The van der Waals surface area contributed by atoms with Gasteiger partial charge in [-0.25, -0.2) is 14.2 Å². The largest absolute Gasteiger partial charge is 0.480 e. The van der Waals surface area contributed by atoms with Crippen LogP contribution in [0, 0.1) is 5.92 Å². The quantitative estimate of drug-likeness (QED) is 0.253. The summed E-state index contributed by atoms with van der Waals surface area (Å²) in [5.41, 5.74) is -0.311. The molecule has 4 atom stereocenters. The zero-order valence-electron chi connectivity index (χ0n) is 22.2. The molecule has 39 heavy (non-hydrogen) atoms. The SMILES string of the molecule is CC[C@@H](C)[C@H](NC(=O)[C@H](Cc1ccccc1)n1c(=O)[nH]c2ccccc2c1=O)C(=O)N[C@H](CCSC)C(=O)O. The molecule has 10 nitrogen and oxygen atoms in total. The van der Waals surface area contributed by atoms with Crippen molar-refractivity contribution in [1.29, 1.82) is 0 Å². The van der Waals surface area contributed by atoms with Crippen LogP contribution in [0.15, 0.2) is 64.2 Å². The molecule has 0 aliphatic rings. The van der Waals surface area contributed by atoms with Crippen molar-refractivity contribution in [3.05, 3.63) is 81.0 Å². The van der Waals surface area contributed by atoms with Crippen molar-refractivity contribution >= 4 is 40.4 Å². The number of hydrogen-bond donors (Lipinski definition) is 4. The summed E-state index contributed by atoms with van der Waals surface area (Å²) >= 11 is 1.46. The molecule has 0 bridgehead atoms. The highest BCUT2D eigenvalue weighted by atomic mass is 32.2. The Morgan fingerprint density at radius 3 is 2.31 bits per heavy atom. The monoisotopic (exact) mass is 554 g/mol. The number of H-pyrrole nitrogens is 1. The summed E-state index contributed by atoms with van der Waals surface area (Å²) in [5.74, 6) is -2.32. The number of nitrogens with zero attached hydrogens (tertiary/aromatic N) is 1. The molecule has 208 valence electrons. The Kier molecular flexibility index (Phi) is 10.5. The number of aliphatic carboxylic acids is 1. The van der Waals surface area contributed by atoms with Crippen LogP contribution in [-0.4, -0.2) is 56.5 Å². The molecule has 0 fully saturated rings. The Balaban J connectivity index is 2.00. The van der Waals surface area contributed by atoms with Crippen LogP contribution in [0.3, 0.4) is 0 Å². The van der Waals surface area contributed by atoms with Gasteiger partial charge in [0, 0.05) is 6.42 Å². The molecule has 11 heteroatoms. The molecule has 1 heterocycles. The lowest BCUT2D eigenvalue weighted by atomic mass is 9.96. The predicted octanol–water partition coefficient (Wildman–Crippen LogP) is 2.33. The Labute approximate surface area is 230 Å². The van der Waals surface area contributed by atoms with E-state index in [1.807, 2.05) is 19.2 Å². The van der Waals surface area contributed by atoms with Gasteiger partial charge in [0.15, 0.2) is 0 Å². The Morgan fingerprint density at radius 2 is 1.67 bits per heavy atom. The number of rotatable bonds is 13. The Bertz CT molecular complexity index is 1420. The minimum absolute atomic E-state index is 0.0221. The molecule has 0 aliphatic heterocycles. The van der Waals surface area contributed by atoms with Crippen molar-refractivity contribution in [1.82, 2.24) is 20.2 Å². The molecule has 3 aromatic rings. The smallest absolute Gasteiger partial charge is 0.329 e. The number of carboxylic acid groups (broad SMARTS) is 1. The van der Waals surface area contributed by atoms with Gasteiger partial charge in [-0.05, 0) is 42.0 Å². The van der Waals surface area contributed by atoms with Crippen molar-refractivity contribution < 1.29 is 19.5 Å². The average molecular weight is 555 g/mol. The molecule has 1 aromatic heterocycles. The first-order valence-electron chi connectivity index (χ1n) is 12.8. The lowest BCUT2D eigenvalue weighted by Gasteiger charge is -2.28. The zero-order chi connectivity index (χ0) is 28.5. The second-order valence-electron chi connectivity index (χ2n) is 9.41. The number of aromatic nitrogens is 2. The second kappa shape index (κ2) is 13.8. The highest BCUT2D eigenvalue weighted by molar-refractivity contribution is 7.98. The van der Waals surface area contributed by atoms with Gasteiger partial charge in [0.1, 0.15) is 18.1 Å². The summed E-state index contributed by atoms with van der Waals surface area (Å²) in [4.78, 5) is 68.0. The molecule has 0 spiro atoms. The number of thioether (sulfide) groups is 1.